The van der Waals surface area contributed by atoms with Gasteiger partial charge in [0.15, 0.2) is 0 Å². The lowest BCUT2D eigenvalue weighted by molar-refractivity contribution is -0.0319. The summed E-state index contributed by atoms with van der Waals surface area (Å²) < 4.78 is 11.1. The number of likely N-dealkylation sites (tertiary alicyclic amines) is 1. The first-order chi connectivity index (χ1) is 10.8. The predicted octanol–water partition coefficient (Wildman–Crippen LogP) is 1.55. The molecule has 1 N–H and O–H groups in total. The molecule has 0 aromatic carbocycles. The summed E-state index contributed by atoms with van der Waals surface area (Å²) in [6.45, 7) is 11.6. The fourth-order valence-electron chi connectivity index (χ4n) is 3.28. The summed E-state index contributed by atoms with van der Waals surface area (Å²) in [5.74, 6) is 0.702. The highest BCUT2D eigenvalue weighted by molar-refractivity contribution is 5.68. The molecule has 23 heavy (non-hydrogen) atoms. The van der Waals surface area contributed by atoms with Crippen LogP contribution in [-0.4, -0.2) is 80.5 Å². The molecule has 0 aromatic heterocycles. The van der Waals surface area contributed by atoms with Crippen LogP contribution in [0.25, 0.3) is 0 Å². The third-order valence-corrected chi connectivity index (χ3v) is 4.39. The van der Waals surface area contributed by atoms with Crippen LogP contribution in [0, 0.1) is 5.92 Å². The van der Waals surface area contributed by atoms with Crippen molar-refractivity contribution in [2.45, 2.75) is 45.3 Å². The molecule has 0 saturated carbocycles. The maximum atomic E-state index is 12.3. The zero-order valence-electron chi connectivity index (χ0n) is 15.1. The van der Waals surface area contributed by atoms with Gasteiger partial charge >= 0.3 is 6.09 Å². The van der Waals surface area contributed by atoms with Crippen molar-refractivity contribution in [1.82, 2.24) is 15.1 Å². The predicted molar refractivity (Wildman–Crippen MR) is 90.6 cm³/mol. The van der Waals surface area contributed by atoms with E-state index in [0.717, 1.165) is 19.6 Å². The van der Waals surface area contributed by atoms with Crippen LogP contribution in [0.5, 0.6) is 0 Å². The molecule has 2 aliphatic heterocycles. The van der Waals surface area contributed by atoms with Crippen LogP contribution in [0.4, 0.5) is 4.79 Å². The van der Waals surface area contributed by atoms with Gasteiger partial charge < -0.3 is 19.7 Å². The van der Waals surface area contributed by atoms with Crippen molar-refractivity contribution < 1.29 is 14.3 Å². The highest BCUT2D eigenvalue weighted by Crippen LogP contribution is 2.16. The van der Waals surface area contributed by atoms with Crippen molar-refractivity contribution in [3.63, 3.8) is 0 Å². The van der Waals surface area contributed by atoms with Gasteiger partial charge in [0.2, 0.25) is 0 Å². The first-order valence-corrected chi connectivity index (χ1v) is 8.82. The number of hydrogen-bond acceptors (Lipinski definition) is 5. The van der Waals surface area contributed by atoms with Crippen molar-refractivity contribution in [2.75, 3.05) is 53.0 Å². The van der Waals surface area contributed by atoms with E-state index in [1.807, 2.05) is 25.7 Å². The molecule has 134 valence electrons. The number of ether oxygens (including phenoxy) is 2. The maximum Gasteiger partial charge on any atom is 0.410 e. The average Bonchev–Trinajstić information content (AvgIpc) is 2.46. The molecule has 0 aliphatic carbocycles. The molecule has 6 nitrogen and oxygen atoms in total. The number of morpholine rings is 1. The Labute approximate surface area is 140 Å². The molecule has 0 aromatic rings. The van der Waals surface area contributed by atoms with Gasteiger partial charge in [-0.2, -0.15) is 0 Å². The highest BCUT2D eigenvalue weighted by atomic mass is 16.6. The number of carbonyl (C=O) groups is 1. The van der Waals surface area contributed by atoms with Gasteiger partial charge in [-0.05, 0) is 59.7 Å². The summed E-state index contributed by atoms with van der Waals surface area (Å²) in [4.78, 5) is 16.6. The van der Waals surface area contributed by atoms with Crippen LogP contribution in [0.1, 0.15) is 33.6 Å². The van der Waals surface area contributed by atoms with Crippen LogP contribution >= 0.6 is 0 Å². The first kappa shape index (κ1) is 18.5. The van der Waals surface area contributed by atoms with Gasteiger partial charge in [0.05, 0.1) is 19.3 Å². The second-order valence-electron chi connectivity index (χ2n) is 7.83. The number of amides is 1. The summed E-state index contributed by atoms with van der Waals surface area (Å²) in [5.41, 5.74) is -0.458. The quantitative estimate of drug-likeness (QED) is 0.849. The van der Waals surface area contributed by atoms with Gasteiger partial charge in [0.1, 0.15) is 5.60 Å². The van der Waals surface area contributed by atoms with Crippen LogP contribution in [0.2, 0.25) is 0 Å². The van der Waals surface area contributed by atoms with E-state index in [-0.39, 0.29) is 12.1 Å². The molecule has 0 radical (unpaired) electrons. The number of nitrogens with zero attached hydrogens (tertiary/aromatic N) is 2. The lowest BCUT2D eigenvalue weighted by atomic mass is 9.98. The lowest BCUT2D eigenvalue weighted by Gasteiger charge is -2.37. The normalized spacial score (nSPS) is 27.0. The highest BCUT2D eigenvalue weighted by Gasteiger charge is 2.31. The monoisotopic (exact) mass is 327 g/mol. The van der Waals surface area contributed by atoms with Crippen LogP contribution in [-0.2, 0) is 9.47 Å². The molecule has 2 aliphatic rings. The van der Waals surface area contributed by atoms with Crippen LogP contribution in [0.3, 0.4) is 0 Å². The summed E-state index contributed by atoms with van der Waals surface area (Å²) >= 11 is 0. The number of carbonyl (C=O) groups excluding carboxylic acids is 1. The zero-order valence-corrected chi connectivity index (χ0v) is 15.1. The zero-order chi connectivity index (χ0) is 16.9. The van der Waals surface area contributed by atoms with Crippen molar-refractivity contribution >= 4 is 6.09 Å². The molecular formula is C17H33N3O3. The Hall–Kier alpha value is -0.850. The van der Waals surface area contributed by atoms with E-state index in [0.29, 0.717) is 25.7 Å². The smallest absolute Gasteiger partial charge is 0.410 e. The Kier molecular flexibility index (Phi) is 6.68. The Balaban J connectivity index is 1.78. The third-order valence-electron chi connectivity index (χ3n) is 4.39. The van der Waals surface area contributed by atoms with Crippen molar-refractivity contribution in [3.05, 3.63) is 0 Å². The molecule has 2 heterocycles. The van der Waals surface area contributed by atoms with Gasteiger partial charge in [-0.15, -0.1) is 0 Å². The number of piperidine rings is 1. The van der Waals surface area contributed by atoms with E-state index in [1.54, 1.807) is 0 Å². The van der Waals surface area contributed by atoms with Crippen molar-refractivity contribution in [1.29, 1.82) is 0 Å². The van der Waals surface area contributed by atoms with Gasteiger partial charge in [-0.3, -0.25) is 4.90 Å². The molecule has 1 amide bonds. The molecular weight excluding hydrogens is 294 g/mol. The van der Waals surface area contributed by atoms with Gasteiger partial charge in [-0.25, -0.2) is 4.79 Å². The summed E-state index contributed by atoms with van der Waals surface area (Å²) in [6, 6.07) is 0.0555. The largest absolute Gasteiger partial charge is 0.444 e. The maximum absolute atomic E-state index is 12.3. The minimum Gasteiger partial charge on any atom is -0.444 e. The standard InChI is InChI=1S/C17H33N3O3/c1-17(2,3)23-16(21)20-8-9-22-13-15(20)11-18-10-14-6-5-7-19(4)12-14/h14-15,18H,5-13H2,1-4H3. The van der Waals surface area contributed by atoms with Crippen molar-refractivity contribution in [2.24, 2.45) is 5.92 Å². The first-order valence-electron chi connectivity index (χ1n) is 8.82. The topological polar surface area (TPSA) is 54.0 Å². The van der Waals surface area contributed by atoms with E-state index in [4.69, 9.17) is 9.47 Å². The van der Waals surface area contributed by atoms with Crippen LogP contribution in [0.15, 0.2) is 0 Å². The van der Waals surface area contributed by atoms with E-state index in [1.165, 1.54) is 19.4 Å². The Morgan fingerprint density at radius 3 is 2.78 bits per heavy atom. The molecule has 0 spiro atoms. The SMILES string of the molecule is CN1CCCC(CNCC2COCCN2C(=O)OC(C)(C)C)C1. The number of hydrogen-bond donors (Lipinski definition) is 1. The fraction of sp³-hybridized carbons (Fsp3) is 0.941. The molecule has 2 rings (SSSR count). The second-order valence-corrected chi connectivity index (χ2v) is 7.83. The Bertz CT molecular complexity index is 384. The molecule has 2 unspecified atom stereocenters. The van der Waals surface area contributed by atoms with Crippen molar-refractivity contribution in [3.8, 4) is 0 Å². The van der Waals surface area contributed by atoms with E-state index < -0.39 is 5.60 Å². The Morgan fingerprint density at radius 2 is 2.09 bits per heavy atom. The van der Waals surface area contributed by atoms with E-state index >= 15 is 0 Å². The lowest BCUT2D eigenvalue weighted by Crippen LogP contribution is -2.54. The summed E-state index contributed by atoms with van der Waals surface area (Å²) in [5, 5.41) is 3.54. The number of nitrogens with one attached hydrogen (secondary N) is 1. The van der Waals surface area contributed by atoms with Gasteiger partial charge in [0.25, 0.3) is 0 Å². The second kappa shape index (κ2) is 8.31. The van der Waals surface area contributed by atoms with Gasteiger partial charge in [0, 0.05) is 19.6 Å². The molecule has 2 atom stereocenters. The third kappa shape index (κ3) is 6.28. The molecule has 0 bridgehead atoms. The summed E-state index contributed by atoms with van der Waals surface area (Å²) in [7, 11) is 2.19. The van der Waals surface area contributed by atoms with E-state index in [9.17, 15) is 4.79 Å². The molecule has 2 fully saturated rings. The average molecular weight is 327 g/mol. The minimum atomic E-state index is -0.458. The molecule has 2 saturated heterocycles. The summed E-state index contributed by atoms with van der Waals surface area (Å²) in [6.07, 6.45) is 2.33. The Morgan fingerprint density at radius 1 is 1.30 bits per heavy atom. The van der Waals surface area contributed by atoms with Crippen LogP contribution < -0.4 is 5.32 Å². The number of rotatable bonds is 4. The van der Waals surface area contributed by atoms with E-state index in [2.05, 4.69) is 17.3 Å². The fourth-order valence-corrected chi connectivity index (χ4v) is 3.28. The molecule has 6 heteroatoms. The van der Waals surface area contributed by atoms with Gasteiger partial charge in [-0.1, -0.05) is 0 Å². The minimum absolute atomic E-state index is 0.0555.